The summed E-state index contributed by atoms with van der Waals surface area (Å²) in [6.45, 7) is 5.14. The third-order valence-electron chi connectivity index (χ3n) is 3.51. The first kappa shape index (κ1) is 10.2. The van der Waals surface area contributed by atoms with E-state index in [9.17, 15) is 4.79 Å². The first-order chi connectivity index (χ1) is 7.06. The lowest BCUT2D eigenvalue weighted by atomic mass is 9.80. The minimum absolute atomic E-state index is 0.185. The van der Waals surface area contributed by atoms with Gasteiger partial charge in [0.25, 0.3) is 0 Å². The molecule has 0 aliphatic carbocycles. The minimum atomic E-state index is -0.929. The average molecular weight is 208 g/mol. The number of hydrogen-bond acceptors (Lipinski definition) is 2. The third kappa shape index (κ3) is 1.64. The van der Waals surface area contributed by atoms with Crippen molar-refractivity contribution in [3.05, 3.63) is 17.7 Å². The summed E-state index contributed by atoms with van der Waals surface area (Å²) in [5, 5.41) is 8.99. The topological polar surface area (TPSA) is 55.1 Å². The monoisotopic (exact) mass is 208 g/mol. The van der Waals surface area contributed by atoms with Gasteiger partial charge in [-0.05, 0) is 24.7 Å². The first-order valence-corrected chi connectivity index (χ1v) is 5.33. The molecule has 1 atom stereocenters. The van der Waals surface area contributed by atoms with Gasteiger partial charge in [0.15, 0.2) is 0 Å². The zero-order chi connectivity index (χ0) is 11.1. The smallest absolute Gasteiger partial charge is 0.372 e. The molecule has 1 aliphatic rings. The van der Waals surface area contributed by atoms with Gasteiger partial charge in [0.2, 0.25) is 5.82 Å². The molecule has 2 heterocycles. The molecule has 0 radical (unpaired) electrons. The molecular formula is C11H16N2O2. The van der Waals surface area contributed by atoms with Gasteiger partial charge in [0.1, 0.15) is 0 Å². The number of aromatic carboxylic acids is 1. The maximum atomic E-state index is 11.0. The number of carboxylic acid groups (broad SMARTS) is 1. The Bertz CT molecular complexity index is 397. The summed E-state index contributed by atoms with van der Waals surface area (Å²) >= 11 is 0. The second kappa shape index (κ2) is 3.36. The number of carbonyl (C=O) groups is 1. The van der Waals surface area contributed by atoms with E-state index in [1.165, 1.54) is 0 Å². The molecular weight excluding hydrogens is 192 g/mol. The Kier molecular flexibility index (Phi) is 2.29. The number of aromatic nitrogens is 2. The number of rotatable bonds is 2. The molecule has 4 heteroatoms. The molecule has 1 N–H and O–H groups in total. The van der Waals surface area contributed by atoms with Gasteiger partial charge >= 0.3 is 5.97 Å². The molecule has 1 aliphatic heterocycles. The Balaban J connectivity index is 2.38. The second-order valence-corrected chi connectivity index (χ2v) is 4.63. The summed E-state index contributed by atoms with van der Waals surface area (Å²) in [4.78, 5) is 14.9. The van der Waals surface area contributed by atoms with Gasteiger partial charge < -0.3 is 9.67 Å². The normalized spacial score (nSPS) is 24.9. The molecule has 1 unspecified atom stereocenters. The first-order valence-electron chi connectivity index (χ1n) is 5.33. The van der Waals surface area contributed by atoms with Crippen LogP contribution in [-0.2, 0) is 13.0 Å². The highest BCUT2D eigenvalue weighted by atomic mass is 16.4. The predicted octanol–water partition coefficient (Wildman–Crippen LogP) is 1.94. The number of imidazole rings is 1. The fourth-order valence-corrected chi connectivity index (χ4v) is 2.14. The fraction of sp³-hybridized carbons (Fsp3) is 0.636. The van der Waals surface area contributed by atoms with E-state index in [1.54, 1.807) is 6.20 Å². The van der Waals surface area contributed by atoms with Crippen molar-refractivity contribution in [3.8, 4) is 0 Å². The quantitative estimate of drug-likeness (QED) is 0.808. The highest BCUT2D eigenvalue weighted by Gasteiger charge is 2.31. The lowest BCUT2D eigenvalue weighted by Gasteiger charge is -2.34. The Labute approximate surface area is 88.9 Å². The summed E-state index contributed by atoms with van der Waals surface area (Å²) in [6.07, 6.45) is 4.82. The zero-order valence-electron chi connectivity index (χ0n) is 9.16. The average Bonchev–Trinajstić information content (AvgIpc) is 2.60. The largest absolute Gasteiger partial charge is 0.475 e. The molecule has 15 heavy (non-hydrogen) atoms. The molecule has 0 aromatic carbocycles. The van der Waals surface area contributed by atoms with Crippen LogP contribution in [0.2, 0.25) is 0 Å². The Hall–Kier alpha value is -1.32. The van der Waals surface area contributed by atoms with Gasteiger partial charge in [-0.15, -0.1) is 0 Å². The number of fused-ring (bicyclic) bond motifs is 1. The molecule has 2 rings (SSSR count). The highest BCUT2D eigenvalue weighted by molar-refractivity contribution is 5.83. The van der Waals surface area contributed by atoms with Crippen molar-refractivity contribution in [2.45, 2.75) is 39.7 Å². The number of aryl methyl sites for hydroxylation is 1. The van der Waals surface area contributed by atoms with Crippen molar-refractivity contribution < 1.29 is 9.90 Å². The van der Waals surface area contributed by atoms with Crippen LogP contribution in [0.15, 0.2) is 6.20 Å². The Morgan fingerprint density at radius 2 is 2.47 bits per heavy atom. The number of hydrogen-bond donors (Lipinski definition) is 1. The molecule has 0 amide bonds. The van der Waals surface area contributed by atoms with E-state index < -0.39 is 5.97 Å². The van der Waals surface area contributed by atoms with Crippen LogP contribution in [0.5, 0.6) is 0 Å². The summed E-state index contributed by atoms with van der Waals surface area (Å²) in [6, 6.07) is 0. The molecule has 4 nitrogen and oxygen atoms in total. The van der Waals surface area contributed by atoms with Crippen LogP contribution >= 0.6 is 0 Å². The van der Waals surface area contributed by atoms with Gasteiger partial charge in [0.05, 0.1) is 0 Å². The van der Waals surface area contributed by atoms with E-state index in [4.69, 9.17) is 5.11 Å². The van der Waals surface area contributed by atoms with E-state index in [1.807, 2.05) is 4.57 Å². The molecule has 0 spiro atoms. The Morgan fingerprint density at radius 1 is 1.73 bits per heavy atom. The van der Waals surface area contributed by atoms with Crippen LogP contribution in [0.4, 0.5) is 0 Å². The number of carboxylic acids is 1. The predicted molar refractivity (Wildman–Crippen MR) is 55.9 cm³/mol. The lowest BCUT2D eigenvalue weighted by molar-refractivity contribution is 0.0670. The van der Waals surface area contributed by atoms with Gasteiger partial charge in [0, 0.05) is 18.4 Å². The fourth-order valence-electron chi connectivity index (χ4n) is 2.14. The van der Waals surface area contributed by atoms with Crippen LogP contribution in [0.3, 0.4) is 0 Å². The van der Waals surface area contributed by atoms with Crippen molar-refractivity contribution in [1.29, 1.82) is 0 Å². The minimum Gasteiger partial charge on any atom is -0.475 e. The summed E-state index contributed by atoms with van der Waals surface area (Å²) in [7, 11) is 0. The molecule has 0 fully saturated rings. The van der Waals surface area contributed by atoms with Crippen LogP contribution in [0.25, 0.3) is 0 Å². The van der Waals surface area contributed by atoms with E-state index in [2.05, 4.69) is 18.8 Å². The molecule has 0 bridgehead atoms. The maximum absolute atomic E-state index is 11.0. The van der Waals surface area contributed by atoms with Crippen LogP contribution in [-0.4, -0.2) is 20.6 Å². The van der Waals surface area contributed by atoms with E-state index in [0.29, 0.717) is 0 Å². The van der Waals surface area contributed by atoms with Crippen LogP contribution < -0.4 is 0 Å². The maximum Gasteiger partial charge on any atom is 0.372 e. The molecule has 82 valence electrons. The van der Waals surface area contributed by atoms with Crippen molar-refractivity contribution in [3.63, 3.8) is 0 Å². The van der Waals surface area contributed by atoms with Gasteiger partial charge in [-0.3, -0.25) is 0 Å². The van der Waals surface area contributed by atoms with Crippen molar-refractivity contribution in [2.24, 2.45) is 5.41 Å². The molecule has 0 saturated carbocycles. The third-order valence-corrected chi connectivity index (χ3v) is 3.51. The van der Waals surface area contributed by atoms with Crippen LogP contribution in [0.1, 0.15) is 43.0 Å². The van der Waals surface area contributed by atoms with E-state index in [0.717, 1.165) is 31.5 Å². The standard InChI is InChI=1S/C11H16N2O2/c1-3-11(2)5-4-8-6-12-9(10(14)15)13(8)7-11/h6H,3-5,7H2,1-2H3,(H,14,15). The van der Waals surface area contributed by atoms with Crippen molar-refractivity contribution in [2.75, 3.05) is 0 Å². The van der Waals surface area contributed by atoms with Crippen molar-refractivity contribution in [1.82, 2.24) is 9.55 Å². The van der Waals surface area contributed by atoms with Crippen LogP contribution in [0, 0.1) is 5.41 Å². The van der Waals surface area contributed by atoms with Gasteiger partial charge in [-0.1, -0.05) is 13.8 Å². The lowest BCUT2D eigenvalue weighted by Crippen LogP contribution is -2.31. The molecule has 1 aromatic rings. The SMILES string of the molecule is CCC1(C)CCc2cnc(C(=O)O)n2C1. The highest BCUT2D eigenvalue weighted by Crippen LogP contribution is 2.34. The molecule has 0 saturated heterocycles. The number of nitrogens with zero attached hydrogens (tertiary/aromatic N) is 2. The van der Waals surface area contributed by atoms with Gasteiger partial charge in [-0.2, -0.15) is 0 Å². The van der Waals surface area contributed by atoms with Crippen molar-refractivity contribution >= 4 is 5.97 Å². The zero-order valence-corrected chi connectivity index (χ0v) is 9.16. The molecule has 1 aromatic heterocycles. The van der Waals surface area contributed by atoms with E-state index in [-0.39, 0.29) is 11.2 Å². The van der Waals surface area contributed by atoms with E-state index >= 15 is 0 Å². The van der Waals surface area contributed by atoms with Gasteiger partial charge in [-0.25, -0.2) is 9.78 Å². The summed E-state index contributed by atoms with van der Waals surface area (Å²) < 4.78 is 1.86. The Morgan fingerprint density at radius 3 is 3.07 bits per heavy atom. The summed E-state index contributed by atoms with van der Waals surface area (Å²) in [5.74, 6) is -0.744. The summed E-state index contributed by atoms with van der Waals surface area (Å²) in [5.41, 5.74) is 1.27. The second-order valence-electron chi connectivity index (χ2n) is 4.63.